The van der Waals surface area contributed by atoms with E-state index in [2.05, 4.69) is 17.4 Å². The van der Waals surface area contributed by atoms with Gasteiger partial charge in [-0.05, 0) is 50.2 Å². The molecule has 0 unspecified atom stereocenters. The highest BCUT2D eigenvalue weighted by Gasteiger charge is 2.31. The van der Waals surface area contributed by atoms with Gasteiger partial charge in [-0.3, -0.25) is 4.79 Å². The summed E-state index contributed by atoms with van der Waals surface area (Å²) in [6.45, 7) is 2.57. The molecule has 0 saturated carbocycles. The van der Waals surface area contributed by atoms with Gasteiger partial charge in [0.15, 0.2) is 0 Å². The Kier molecular flexibility index (Phi) is 5.25. The summed E-state index contributed by atoms with van der Waals surface area (Å²) >= 11 is 0. The number of carbonyl (C=O) groups excluding carboxylic acids is 1. The fraction of sp³-hybridized carbons (Fsp3) is 0.611. The first-order chi connectivity index (χ1) is 11.5. The summed E-state index contributed by atoms with van der Waals surface area (Å²) in [6, 6.07) is 8.42. The van der Waals surface area contributed by atoms with Crippen molar-refractivity contribution >= 4 is 15.9 Å². The highest BCUT2D eigenvalue weighted by atomic mass is 32.2. The van der Waals surface area contributed by atoms with E-state index in [-0.39, 0.29) is 23.6 Å². The monoisotopic (exact) mass is 350 g/mol. The highest BCUT2D eigenvalue weighted by Crippen LogP contribution is 2.30. The molecule has 1 saturated heterocycles. The van der Waals surface area contributed by atoms with Crippen molar-refractivity contribution in [2.45, 2.75) is 45.1 Å². The molecule has 1 heterocycles. The van der Waals surface area contributed by atoms with Crippen molar-refractivity contribution < 1.29 is 13.2 Å². The van der Waals surface area contributed by atoms with Gasteiger partial charge in [0.05, 0.1) is 11.8 Å². The van der Waals surface area contributed by atoms with Crippen LogP contribution in [-0.4, -0.2) is 37.5 Å². The number of carbonyl (C=O) groups is 1. The maximum Gasteiger partial charge on any atom is 0.223 e. The number of hydrogen-bond acceptors (Lipinski definition) is 3. The first-order valence-corrected chi connectivity index (χ1v) is 10.5. The molecule has 5 nitrogen and oxygen atoms in total. The lowest BCUT2D eigenvalue weighted by Gasteiger charge is -2.32. The molecule has 1 N–H and O–H groups in total. The topological polar surface area (TPSA) is 66.5 Å². The molecule has 3 rings (SSSR count). The van der Waals surface area contributed by atoms with Gasteiger partial charge in [-0.25, -0.2) is 12.7 Å². The lowest BCUT2D eigenvalue weighted by atomic mass is 9.87. The Morgan fingerprint density at radius 1 is 1.21 bits per heavy atom. The summed E-state index contributed by atoms with van der Waals surface area (Å²) in [7, 11) is -3.14. The standard InChI is InChI=1S/C18H26N2O3S/c1-2-24(22,23)20-12-10-15(11-13-20)18(21)19-17-9-5-7-14-6-3-4-8-16(14)17/h3-4,6,8,15,17H,2,5,7,9-13H2,1H3,(H,19,21)/t17-/m1/s1. The second-order valence-electron chi connectivity index (χ2n) is 6.73. The van der Waals surface area contributed by atoms with Gasteiger partial charge in [-0.1, -0.05) is 24.3 Å². The molecule has 0 radical (unpaired) electrons. The van der Waals surface area contributed by atoms with Crippen molar-refractivity contribution in [2.24, 2.45) is 5.92 Å². The van der Waals surface area contributed by atoms with E-state index in [9.17, 15) is 13.2 Å². The summed E-state index contributed by atoms with van der Waals surface area (Å²) in [4.78, 5) is 12.6. The van der Waals surface area contributed by atoms with Crippen molar-refractivity contribution in [2.75, 3.05) is 18.8 Å². The van der Waals surface area contributed by atoms with Crippen LogP contribution in [0.25, 0.3) is 0 Å². The Labute approximate surface area is 144 Å². The van der Waals surface area contributed by atoms with Gasteiger partial charge >= 0.3 is 0 Å². The Balaban J connectivity index is 1.60. The molecule has 1 fully saturated rings. The molecule has 0 bridgehead atoms. The van der Waals surface area contributed by atoms with Gasteiger partial charge in [0.25, 0.3) is 0 Å². The Bertz CT molecular complexity index is 694. The normalized spacial score (nSPS) is 22.8. The Morgan fingerprint density at radius 3 is 2.62 bits per heavy atom. The number of rotatable bonds is 4. The first-order valence-electron chi connectivity index (χ1n) is 8.87. The molecule has 1 aromatic carbocycles. The summed E-state index contributed by atoms with van der Waals surface area (Å²) in [5.41, 5.74) is 2.57. The second-order valence-corrected chi connectivity index (χ2v) is 8.98. The highest BCUT2D eigenvalue weighted by molar-refractivity contribution is 7.89. The van der Waals surface area contributed by atoms with Crippen LogP contribution in [0.2, 0.25) is 0 Å². The molecular weight excluding hydrogens is 324 g/mol. The molecule has 1 aliphatic heterocycles. The second kappa shape index (κ2) is 7.23. The van der Waals surface area contributed by atoms with Crippen LogP contribution in [0.15, 0.2) is 24.3 Å². The third-order valence-electron chi connectivity index (χ3n) is 5.27. The quantitative estimate of drug-likeness (QED) is 0.906. The summed E-state index contributed by atoms with van der Waals surface area (Å²) < 4.78 is 25.3. The molecule has 1 aromatic rings. The molecule has 1 atom stereocenters. The van der Waals surface area contributed by atoms with Crippen LogP contribution in [0.3, 0.4) is 0 Å². The number of fused-ring (bicyclic) bond motifs is 1. The van der Waals surface area contributed by atoms with Crippen molar-refractivity contribution in [1.82, 2.24) is 9.62 Å². The van der Waals surface area contributed by atoms with Gasteiger partial charge in [-0.2, -0.15) is 0 Å². The van der Waals surface area contributed by atoms with Gasteiger partial charge < -0.3 is 5.32 Å². The van der Waals surface area contributed by atoms with E-state index in [1.807, 2.05) is 12.1 Å². The fourth-order valence-electron chi connectivity index (χ4n) is 3.77. The van der Waals surface area contributed by atoms with Crippen molar-refractivity contribution in [3.8, 4) is 0 Å². The average Bonchev–Trinajstić information content (AvgIpc) is 2.62. The SMILES string of the molecule is CCS(=O)(=O)N1CCC(C(=O)N[C@@H]2CCCc3ccccc32)CC1. The predicted octanol–water partition coefficient (Wildman–Crippen LogP) is 2.24. The van der Waals surface area contributed by atoms with E-state index in [1.165, 1.54) is 15.4 Å². The van der Waals surface area contributed by atoms with Gasteiger partial charge in [-0.15, -0.1) is 0 Å². The number of piperidine rings is 1. The molecule has 6 heteroatoms. The lowest BCUT2D eigenvalue weighted by Crippen LogP contribution is -2.44. The summed E-state index contributed by atoms with van der Waals surface area (Å²) in [5, 5.41) is 3.21. The number of aryl methyl sites for hydroxylation is 1. The zero-order chi connectivity index (χ0) is 17.2. The lowest BCUT2D eigenvalue weighted by molar-refractivity contribution is -0.127. The minimum atomic E-state index is -3.14. The van der Waals surface area contributed by atoms with Crippen molar-refractivity contribution in [1.29, 1.82) is 0 Å². The molecule has 1 amide bonds. The summed E-state index contributed by atoms with van der Waals surface area (Å²) in [6.07, 6.45) is 4.37. The minimum Gasteiger partial charge on any atom is -0.349 e. The number of hydrogen-bond donors (Lipinski definition) is 1. The molecule has 2 aliphatic rings. The van der Waals surface area contributed by atoms with Crippen LogP contribution in [0.4, 0.5) is 0 Å². The molecule has 132 valence electrons. The van der Waals surface area contributed by atoms with Crippen LogP contribution in [0.5, 0.6) is 0 Å². The fourth-order valence-corrected chi connectivity index (χ4v) is 4.90. The number of sulfonamides is 1. The molecule has 0 spiro atoms. The Hall–Kier alpha value is -1.40. The number of nitrogens with zero attached hydrogens (tertiary/aromatic N) is 1. The van der Waals surface area contributed by atoms with Gasteiger partial charge in [0.1, 0.15) is 0 Å². The smallest absolute Gasteiger partial charge is 0.223 e. The number of benzene rings is 1. The van der Waals surface area contributed by atoms with E-state index in [0.717, 1.165) is 19.3 Å². The maximum atomic E-state index is 12.6. The minimum absolute atomic E-state index is 0.0743. The molecule has 24 heavy (non-hydrogen) atoms. The van der Waals surface area contributed by atoms with Crippen LogP contribution in [0, 0.1) is 5.92 Å². The van der Waals surface area contributed by atoms with E-state index in [4.69, 9.17) is 0 Å². The first kappa shape index (κ1) is 17.4. The third kappa shape index (κ3) is 3.64. The van der Waals surface area contributed by atoms with Crippen LogP contribution >= 0.6 is 0 Å². The summed E-state index contributed by atoms with van der Waals surface area (Å²) in [5.74, 6) is 0.121. The molecule has 0 aromatic heterocycles. The predicted molar refractivity (Wildman–Crippen MR) is 94.0 cm³/mol. The van der Waals surface area contributed by atoms with Crippen molar-refractivity contribution in [3.05, 3.63) is 35.4 Å². The average molecular weight is 350 g/mol. The largest absolute Gasteiger partial charge is 0.349 e. The van der Waals surface area contributed by atoms with Gasteiger partial charge in [0.2, 0.25) is 15.9 Å². The van der Waals surface area contributed by atoms with E-state index >= 15 is 0 Å². The third-order valence-corrected chi connectivity index (χ3v) is 7.15. The van der Waals surface area contributed by atoms with E-state index in [1.54, 1.807) is 6.92 Å². The molecular formula is C18H26N2O3S. The van der Waals surface area contributed by atoms with Crippen LogP contribution in [0.1, 0.15) is 49.8 Å². The van der Waals surface area contributed by atoms with Crippen molar-refractivity contribution in [3.63, 3.8) is 0 Å². The number of amides is 1. The van der Waals surface area contributed by atoms with E-state index < -0.39 is 10.0 Å². The zero-order valence-corrected chi connectivity index (χ0v) is 15.0. The van der Waals surface area contributed by atoms with Crippen LogP contribution in [-0.2, 0) is 21.2 Å². The van der Waals surface area contributed by atoms with E-state index in [0.29, 0.717) is 25.9 Å². The number of nitrogens with one attached hydrogen (secondary N) is 1. The zero-order valence-electron chi connectivity index (χ0n) is 14.2. The maximum absolute atomic E-state index is 12.6. The molecule has 1 aliphatic carbocycles. The van der Waals surface area contributed by atoms with Gasteiger partial charge in [0, 0.05) is 19.0 Å². The Morgan fingerprint density at radius 2 is 1.92 bits per heavy atom. The van der Waals surface area contributed by atoms with Crippen LogP contribution < -0.4 is 5.32 Å².